The molecule has 0 unspecified atom stereocenters. The minimum Gasteiger partial charge on any atom is -0.492 e. The van der Waals surface area contributed by atoms with Crippen LogP contribution in [0.25, 0.3) is 0 Å². The van der Waals surface area contributed by atoms with E-state index in [0.29, 0.717) is 10.8 Å². The van der Waals surface area contributed by atoms with Gasteiger partial charge >= 0.3 is 5.69 Å². The molecule has 0 radical (unpaired) electrons. The van der Waals surface area contributed by atoms with Crippen LogP contribution >= 0.6 is 23.2 Å². The summed E-state index contributed by atoms with van der Waals surface area (Å²) < 4.78 is 8.08. The molecule has 2 aromatic carbocycles. The molecule has 1 aromatic heterocycles. The lowest BCUT2D eigenvalue weighted by molar-refractivity contribution is 0.293. The fraction of sp³-hybridized carbons (Fsp3) is 0.158. The third-order valence-corrected chi connectivity index (χ3v) is 4.37. The summed E-state index contributed by atoms with van der Waals surface area (Å²) in [5.74, 6) is 0.635. The van der Waals surface area contributed by atoms with Gasteiger partial charge in [0.1, 0.15) is 17.5 Å². The van der Waals surface area contributed by atoms with E-state index in [9.17, 15) is 9.59 Å². The molecule has 0 aliphatic heterocycles. The summed E-state index contributed by atoms with van der Waals surface area (Å²) in [6, 6.07) is 17.5. The first-order valence-electron chi connectivity index (χ1n) is 7.97. The van der Waals surface area contributed by atoms with Crippen LogP contribution in [0, 0.1) is 0 Å². The fourth-order valence-corrected chi connectivity index (χ4v) is 2.86. The van der Waals surface area contributed by atoms with Gasteiger partial charge in [-0.05, 0) is 29.8 Å². The molecule has 0 spiro atoms. The number of benzene rings is 2. The Morgan fingerprint density at radius 1 is 0.885 bits per heavy atom. The van der Waals surface area contributed by atoms with Gasteiger partial charge in [-0.25, -0.2) is 4.79 Å². The molecular weight excluding hydrogens is 375 g/mol. The highest BCUT2D eigenvalue weighted by atomic mass is 35.5. The molecule has 0 fully saturated rings. The first-order chi connectivity index (χ1) is 12.5. The minimum absolute atomic E-state index is 0.0871. The monoisotopic (exact) mass is 390 g/mol. The Balaban J connectivity index is 1.78. The summed E-state index contributed by atoms with van der Waals surface area (Å²) >= 11 is 11.9. The molecule has 0 atom stereocenters. The van der Waals surface area contributed by atoms with Gasteiger partial charge in [0.05, 0.1) is 13.1 Å². The number of aromatic nitrogens is 2. The molecule has 0 N–H and O–H groups in total. The van der Waals surface area contributed by atoms with Crippen LogP contribution in [0.15, 0.2) is 70.3 Å². The molecule has 0 saturated heterocycles. The molecule has 0 saturated carbocycles. The zero-order chi connectivity index (χ0) is 18.5. The maximum atomic E-state index is 12.7. The second-order valence-corrected chi connectivity index (χ2v) is 6.44. The van der Waals surface area contributed by atoms with Gasteiger partial charge in [-0.3, -0.25) is 13.9 Å². The zero-order valence-electron chi connectivity index (χ0n) is 13.8. The van der Waals surface area contributed by atoms with Crippen molar-refractivity contribution in [1.82, 2.24) is 9.13 Å². The third-order valence-electron chi connectivity index (χ3n) is 3.81. The van der Waals surface area contributed by atoms with Crippen LogP contribution in [-0.2, 0) is 13.1 Å². The van der Waals surface area contributed by atoms with Crippen molar-refractivity contribution in [3.8, 4) is 5.75 Å². The molecule has 0 amide bonds. The smallest absolute Gasteiger partial charge is 0.332 e. The van der Waals surface area contributed by atoms with E-state index in [-0.39, 0.29) is 24.8 Å². The van der Waals surface area contributed by atoms with Crippen molar-refractivity contribution < 1.29 is 4.74 Å². The first-order valence-corrected chi connectivity index (χ1v) is 8.72. The number of hydrogen-bond acceptors (Lipinski definition) is 3. The third kappa shape index (κ3) is 4.36. The van der Waals surface area contributed by atoms with Crippen molar-refractivity contribution in [2.75, 3.05) is 6.61 Å². The molecule has 0 aliphatic carbocycles. The molecule has 7 heteroatoms. The van der Waals surface area contributed by atoms with Gasteiger partial charge in [0.25, 0.3) is 5.56 Å². The van der Waals surface area contributed by atoms with Gasteiger partial charge in [0.15, 0.2) is 0 Å². The summed E-state index contributed by atoms with van der Waals surface area (Å²) in [6.45, 7) is 0.633. The lowest BCUT2D eigenvalue weighted by Gasteiger charge is -2.13. The van der Waals surface area contributed by atoms with Gasteiger partial charge in [-0.15, -0.1) is 0 Å². The normalized spacial score (nSPS) is 10.7. The van der Waals surface area contributed by atoms with E-state index in [1.807, 2.05) is 30.3 Å². The van der Waals surface area contributed by atoms with Crippen molar-refractivity contribution in [1.29, 1.82) is 0 Å². The topological polar surface area (TPSA) is 53.2 Å². The highest BCUT2D eigenvalue weighted by Gasteiger charge is 2.11. The Bertz CT molecular complexity index is 996. The lowest BCUT2D eigenvalue weighted by Crippen LogP contribution is -2.40. The van der Waals surface area contributed by atoms with E-state index in [2.05, 4.69) is 0 Å². The van der Waals surface area contributed by atoms with Crippen LogP contribution in [0.3, 0.4) is 0 Å². The average molecular weight is 391 g/mol. The summed E-state index contributed by atoms with van der Waals surface area (Å²) in [4.78, 5) is 24.8. The van der Waals surface area contributed by atoms with Crippen LogP contribution in [0.4, 0.5) is 0 Å². The van der Waals surface area contributed by atoms with Crippen molar-refractivity contribution in [2.24, 2.45) is 0 Å². The average Bonchev–Trinajstić information content (AvgIpc) is 2.64. The fourth-order valence-electron chi connectivity index (χ4n) is 2.49. The maximum absolute atomic E-state index is 12.7. The van der Waals surface area contributed by atoms with Gasteiger partial charge in [-0.1, -0.05) is 53.5 Å². The Hall–Kier alpha value is -2.50. The first kappa shape index (κ1) is 18.3. The molecule has 26 heavy (non-hydrogen) atoms. The Labute approximate surface area is 160 Å². The quantitative estimate of drug-likeness (QED) is 0.605. The molecule has 3 aromatic rings. The minimum atomic E-state index is -0.467. The predicted molar refractivity (Wildman–Crippen MR) is 102 cm³/mol. The summed E-state index contributed by atoms with van der Waals surface area (Å²) in [5, 5.41) is 0.702. The molecule has 0 bridgehead atoms. The summed E-state index contributed by atoms with van der Waals surface area (Å²) in [5.41, 5.74) is -0.0391. The van der Waals surface area contributed by atoms with Crippen LogP contribution in [-0.4, -0.2) is 15.7 Å². The second-order valence-electron chi connectivity index (χ2n) is 5.61. The molecule has 5 nitrogen and oxygen atoms in total. The van der Waals surface area contributed by atoms with Crippen molar-refractivity contribution in [2.45, 2.75) is 13.1 Å². The number of hydrogen-bond donors (Lipinski definition) is 0. The number of halogens is 2. The van der Waals surface area contributed by atoms with E-state index in [1.165, 1.54) is 10.6 Å². The largest absolute Gasteiger partial charge is 0.492 e. The molecule has 134 valence electrons. The van der Waals surface area contributed by atoms with Crippen LogP contribution in [0.1, 0.15) is 5.56 Å². The number of rotatable bonds is 6. The Morgan fingerprint density at radius 3 is 2.27 bits per heavy atom. The van der Waals surface area contributed by atoms with Gasteiger partial charge in [-0.2, -0.15) is 0 Å². The van der Waals surface area contributed by atoms with Crippen molar-refractivity contribution in [3.05, 3.63) is 97.2 Å². The molecule has 3 rings (SSSR count). The van der Waals surface area contributed by atoms with Crippen LogP contribution in [0.2, 0.25) is 10.2 Å². The van der Waals surface area contributed by atoms with Gasteiger partial charge in [0.2, 0.25) is 0 Å². The zero-order valence-corrected chi connectivity index (χ0v) is 15.3. The van der Waals surface area contributed by atoms with E-state index < -0.39 is 11.2 Å². The maximum Gasteiger partial charge on any atom is 0.332 e. The van der Waals surface area contributed by atoms with Gasteiger partial charge < -0.3 is 4.74 Å². The molecule has 0 aliphatic rings. The highest BCUT2D eigenvalue weighted by Crippen LogP contribution is 2.15. The van der Waals surface area contributed by atoms with E-state index in [4.69, 9.17) is 27.9 Å². The van der Waals surface area contributed by atoms with Crippen molar-refractivity contribution in [3.63, 3.8) is 0 Å². The predicted octanol–water partition coefficient (Wildman–Crippen LogP) is 3.44. The van der Waals surface area contributed by atoms with E-state index in [0.717, 1.165) is 10.1 Å². The molecular formula is C19H16Cl2N2O3. The highest BCUT2D eigenvalue weighted by molar-refractivity contribution is 6.30. The molecule has 1 heterocycles. The van der Waals surface area contributed by atoms with Crippen LogP contribution in [0.5, 0.6) is 5.75 Å². The SMILES string of the molecule is O=c1cc(Cl)n(CCOc2ccc(Cl)cc2)c(=O)n1Cc1ccccc1. The van der Waals surface area contributed by atoms with Crippen molar-refractivity contribution >= 4 is 23.2 Å². The van der Waals surface area contributed by atoms with Crippen LogP contribution < -0.4 is 16.0 Å². The Morgan fingerprint density at radius 2 is 1.58 bits per heavy atom. The van der Waals surface area contributed by atoms with E-state index in [1.54, 1.807) is 24.3 Å². The second kappa shape index (κ2) is 8.25. The standard InChI is InChI=1S/C19H16Cl2N2O3/c20-15-6-8-16(9-7-15)26-11-10-22-17(21)12-18(24)23(19(22)25)13-14-4-2-1-3-5-14/h1-9,12H,10-11,13H2. The number of nitrogens with zero attached hydrogens (tertiary/aromatic N) is 2. The number of ether oxygens (including phenoxy) is 1. The van der Waals surface area contributed by atoms with E-state index >= 15 is 0 Å². The summed E-state index contributed by atoms with van der Waals surface area (Å²) in [6.07, 6.45) is 0. The Kier molecular flexibility index (Phi) is 5.81. The lowest BCUT2D eigenvalue weighted by atomic mass is 10.2. The van der Waals surface area contributed by atoms with Gasteiger partial charge in [0, 0.05) is 11.1 Å². The summed E-state index contributed by atoms with van der Waals surface area (Å²) in [7, 11) is 0.